The molecule has 17 heavy (non-hydrogen) atoms. The Morgan fingerprint density at radius 3 is 2.88 bits per heavy atom. The van der Waals surface area contributed by atoms with Crippen molar-refractivity contribution in [3.8, 4) is 5.69 Å². The van der Waals surface area contributed by atoms with E-state index < -0.39 is 0 Å². The zero-order chi connectivity index (χ0) is 12.4. The molecule has 2 rings (SSSR count). The van der Waals surface area contributed by atoms with Crippen molar-refractivity contribution in [3.63, 3.8) is 0 Å². The van der Waals surface area contributed by atoms with Crippen LogP contribution in [0, 0.1) is 6.92 Å². The van der Waals surface area contributed by atoms with Gasteiger partial charge in [0.1, 0.15) is 0 Å². The SMILES string of the molecule is Cc1cc(Cl)ccc1-n1cc(Br)c(CCO)n1. The van der Waals surface area contributed by atoms with E-state index >= 15 is 0 Å². The Kier molecular flexibility index (Phi) is 3.86. The molecule has 0 amide bonds. The van der Waals surface area contributed by atoms with E-state index in [1.54, 1.807) is 4.68 Å². The van der Waals surface area contributed by atoms with E-state index in [9.17, 15) is 0 Å². The van der Waals surface area contributed by atoms with Crippen LogP contribution in [-0.2, 0) is 6.42 Å². The molecule has 0 radical (unpaired) electrons. The van der Waals surface area contributed by atoms with Gasteiger partial charge in [0.25, 0.3) is 0 Å². The normalized spacial score (nSPS) is 10.8. The molecule has 1 aromatic heterocycles. The van der Waals surface area contributed by atoms with Crippen LogP contribution in [0.5, 0.6) is 0 Å². The Bertz CT molecular complexity index is 539. The number of hydrogen-bond acceptors (Lipinski definition) is 2. The van der Waals surface area contributed by atoms with Crippen molar-refractivity contribution in [1.29, 1.82) is 0 Å². The zero-order valence-electron chi connectivity index (χ0n) is 9.32. The highest BCUT2D eigenvalue weighted by molar-refractivity contribution is 9.10. The number of aliphatic hydroxyl groups excluding tert-OH is 1. The second-order valence-electron chi connectivity index (χ2n) is 3.77. The highest BCUT2D eigenvalue weighted by Gasteiger charge is 2.09. The molecule has 0 spiro atoms. The largest absolute Gasteiger partial charge is 0.396 e. The van der Waals surface area contributed by atoms with Gasteiger partial charge >= 0.3 is 0 Å². The van der Waals surface area contributed by atoms with Gasteiger partial charge in [0.2, 0.25) is 0 Å². The van der Waals surface area contributed by atoms with Gasteiger partial charge in [-0.2, -0.15) is 5.10 Å². The topological polar surface area (TPSA) is 38.0 Å². The summed E-state index contributed by atoms with van der Waals surface area (Å²) < 4.78 is 2.70. The summed E-state index contributed by atoms with van der Waals surface area (Å²) in [6.45, 7) is 2.08. The fourth-order valence-corrected chi connectivity index (χ4v) is 2.36. The summed E-state index contributed by atoms with van der Waals surface area (Å²) in [5, 5.41) is 14.1. The van der Waals surface area contributed by atoms with Gasteiger partial charge in [-0.1, -0.05) is 11.6 Å². The lowest BCUT2D eigenvalue weighted by Gasteiger charge is -2.05. The van der Waals surface area contributed by atoms with Crippen LogP contribution in [0.15, 0.2) is 28.9 Å². The maximum atomic E-state index is 8.93. The molecular weight excluding hydrogens is 304 g/mol. The molecule has 3 nitrogen and oxygen atoms in total. The predicted octanol–water partition coefficient (Wildman–Crippen LogP) is 3.13. The molecular formula is C12H12BrClN2O. The summed E-state index contributed by atoms with van der Waals surface area (Å²) in [6.07, 6.45) is 2.43. The molecule has 0 aliphatic carbocycles. The van der Waals surface area contributed by atoms with Gasteiger partial charge < -0.3 is 5.11 Å². The van der Waals surface area contributed by atoms with E-state index in [1.165, 1.54) is 0 Å². The number of hydrogen-bond donors (Lipinski definition) is 1. The predicted molar refractivity (Wildman–Crippen MR) is 71.8 cm³/mol. The second kappa shape index (κ2) is 5.21. The lowest BCUT2D eigenvalue weighted by molar-refractivity contribution is 0.298. The minimum Gasteiger partial charge on any atom is -0.396 e. The molecule has 0 atom stereocenters. The first-order chi connectivity index (χ1) is 8.11. The summed E-state index contributed by atoms with van der Waals surface area (Å²) in [5.74, 6) is 0. The van der Waals surface area contributed by atoms with Crippen LogP contribution in [0.25, 0.3) is 5.69 Å². The summed E-state index contributed by atoms with van der Waals surface area (Å²) in [4.78, 5) is 0. The van der Waals surface area contributed by atoms with Gasteiger partial charge in [0.05, 0.1) is 15.9 Å². The van der Waals surface area contributed by atoms with Crippen molar-refractivity contribution in [2.75, 3.05) is 6.61 Å². The maximum Gasteiger partial charge on any atom is 0.0793 e. The van der Waals surface area contributed by atoms with E-state index in [1.807, 2.05) is 31.3 Å². The van der Waals surface area contributed by atoms with Crippen molar-refractivity contribution >= 4 is 27.5 Å². The second-order valence-corrected chi connectivity index (χ2v) is 5.06. The molecule has 2 aromatic rings. The monoisotopic (exact) mass is 314 g/mol. The first-order valence-electron chi connectivity index (χ1n) is 5.23. The minimum absolute atomic E-state index is 0.0925. The lowest BCUT2D eigenvalue weighted by Crippen LogP contribution is -1.99. The molecule has 0 bridgehead atoms. The number of benzene rings is 1. The van der Waals surface area contributed by atoms with Crippen LogP contribution in [0.3, 0.4) is 0 Å². The number of aryl methyl sites for hydroxylation is 1. The van der Waals surface area contributed by atoms with Crippen molar-refractivity contribution in [2.45, 2.75) is 13.3 Å². The molecule has 1 aromatic carbocycles. The molecule has 90 valence electrons. The fourth-order valence-electron chi connectivity index (χ4n) is 1.66. The van der Waals surface area contributed by atoms with Crippen molar-refractivity contribution in [2.24, 2.45) is 0 Å². The van der Waals surface area contributed by atoms with E-state index in [0.717, 1.165) is 21.4 Å². The lowest BCUT2D eigenvalue weighted by atomic mass is 10.2. The van der Waals surface area contributed by atoms with Crippen LogP contribution in [0.2, 0.25) is 5.02 Å². The van der Waals surface area contributed by atoms with Crippen LogP contribution in [0.4, 0.5) is 0 Å². The Balaban J connectivity index is 2.42. The third-order valence-electron chi connectivity index (χ3n) is 2.49. The third-order valence-corrected chi connectivity index (χ3v) is 3.39. The number of aliphatic hydroxyl groups is 1. The number of rotatable bonds is 3. The summed E-state index contributed by atoms with van der Waals surface area (Å²) in [5.41, 5.74) is 2.89. The minimum atomic E-state index is 0.0925. The van der Waals surface area contributed by atoms with Gasteiger partial charge in [0.15, 0.2) is 0 Å². The average Bonchev–Trinajstić information content (AvgIpc) is 2.60. The Hall–Kier alpha value is -0.840. The summed E-state index contributed by atoms with van der Waals surface area (Å²) in [6, 6.07) is 5.67. The standard InChI is InChI=1S/C12H12BrClN2O/c1-8-6-9(14)2-3-12(8)16-7-10(13)11(15-16)4-5-17/h2-3,6-7,17H,4-5H2,1H3. The molecule has 0 aliphatic rings. The Morgan fingerprint density at radius 1 is 1.47 bits per heavy atom. The molecule has 0 fully saturated rings. The highest BCUT2D eigenvalue weighted by atomic mass is 79.9. The van der Waals surface area contributed by atoms with Gasteiger partial charge in [-0.3, -0.25) is 0 Å². The number of halogens is 2. The van der Waals surface area contributed by atoms with Gasteiger partial charge in [-0.15, -0.1) is 0 Å². The molecule has 1 heterocycles. The Morgan fingerprint density at radius 2 is 2.24 bits per heavy atom. The molecule has 0 saturated heterocycles. The van der Waals surface area contributed by atoms with E-state index in [0.29, 0.717) is 11.4 Å². The Labute approximate surface area is 113 Å². The third kappa shape index (κ3) is 2.70. The zero-order valence-corrected chi connectivity index (χ0v) is 11.7. The summed E-state index contributed by atoms with van der Waals surface area (Å²) in [7, 11) is 0. The molecule has 1 N–H and O–H groups in total. The summed E-state index contributed by atoms with van der Waals surface area (Å²) >= 11 is 9.35. The van der Waals surface area contributed by atoms with Gasteiger partial charge in [-0.05, 0) is 46.6 Å². The first kappa shape index (κ1) is 12.6. The van der Waals surface area contributed by atoms with Crippen molar-refractivity contribution < 1.29 is 5.11 Å². The van der Waals surface area contributed by atoms with Crippen LogP contribution in [-0.4, -0.2) is 21.5 Å². The highest BCUT2D eigenvalue weighted by Crippen LogP contribution is 2.22. The quantitative estimate of drug-likeness (QED) is 0.945. The fraction of sp³-hybridized carbons (Fsp3) is 0.250. The molecule has 0 unspecified atom stereocenters. The first-order valence-corrected chi connectivity index (χ1v) is 6.40. The number of nitrogens with zero attached hydrogens (tertiary/aromatic N) is 2. The van der Waals surface area contributed by atoms with Gasteiger partial charge in [-0.25, -0.2) is 4.68 Å². The van der Waals surface area contributed by atoms with Crippen molar-refractivity contribution in [1.82, 2.24) is 9.78 Å². The molecule has 5 heteroatoms. The van der Waals surface area contributed by atoms with Crippen LogP contribution < -0.4 is 0 Å². The molecule has 0 saturated carbocycles. The smallest absolute Gasteiger partial charge is 0.0793 e. The average molecular weight is 316 g/mol. The van der Waals surface area contributed by atoms with Gasteiger partial charge in [0, 0.05) is 24.2 Å². The van der Waals surface area contributed by atoms with E-state index in [4.69, 9.17) is 16.7 Å². The number of aromatic nitrogens is 2. The van der Waals surface area contributed by atoms with Crippen LogP contribution in [0.1, 0.15) is 11.3 Å². The van der Waals surface area contributed by atoms with Crippen LogP contribution >= 0.6 is 27.5 Å². The maximum absolute atomic E-state index is 8.93. The van der Waals surface area contributed by atoms with E-state index in [-0.39, 0.29) is 6.61 Å². The molecule has 0 aliphatic heterocycles. The van der Waals surface area contributed by atoms with Crippen molar-refractivity contribution in [3.05, 3.63) is 45.1 Å². The van der Waals surface area contributed by atoms with E-state index in [2.05, 4.69) is 21.0 Å².